The van der Waals surface area contributed by atoms with Crippen LogP contribution >= 0.6 is 0 Å². The first-order valence-corrected chi connectivity index (χ1v) is 10.4. The van der Waals surface area contributed by atoms with Gasteiger partial charge in [-0.3, -0.25) is 0 Å². The fraction of sp³-hybridized carbons (Fsp3) is 0.286. The zero-order valence-corrected chi connectivity index (χ0v) is 16.3. The van der Waals surface area contributed by atoms with Gasteiger partial charge >= 0.3 is 5.97 Å². The zero-order valence-electron chi connectivity index (χ0n) is 15.5. The normalized spacial score (nSPS) is 18.0. The summed E-state index contributed by atoms with van der Waals surface area (Å²) in [5, 5.41) is 0. The van der Waals surface area contributed by atoms with E-state index >= 15 is 0 Å². The molecule has 6 heteroatoms. The zero-order chi connectivity index (χ0) is 19.4. The highest BCUT2D eigenvalue weighted by Gasteiger charge is 2.37. The van der Waals surface area contributed by atoms with Crippen LogP contribution in [0, 0.1) is 6.92 Å². The standard InChI is InChI=1S/C21H23NO4S/c1-3-26-21(23)18-13-14-19(17-10-5-4-6-11-17)22(15-18)27(24,25)20-12-8-7-9-16(20)2/h4-13,19H,3,14-15H2,1-2H3. The Bertz CT molecular complexity index is 951. The number of ether oxygens (including phenoxy) is 1. The molecular weight excluding hydrogens is 362 g/mol. The largest absolute Gasteiger partial charge is 0.463 e. The molecule has 0 aliphatic carbocycles. The van der Waals surface area contributed by atoms with E-state index in [1.165, 1.54) is 4.31 Å². The third-order valence-electron chi connectivity index (χ3n) is 4.66. The van der Waals surface area contributed by atoms with Crippen LogP contribution in [0.15, 0.2) is 71.1 Å². The van der Waals surface area contributed by atoms with Crippen molar-refractivity contribution in [2.24, 2.45) is 0 Å². The van der Waals surface area contributed by atoms with Gasteiger partial charge in [-0.25, -0.2) is 13.2 Å². The Morgan fingerprint density at radius 2 is 1.78 bits per heavy atom. The SMILES string of the molecule is CCOC(=O)C1=CCC(c2ccccc2)N(S(=O)(=O)c2ccccc2C)C1. The summed E-state index contributed by atoms with van der Waals surface area (Å²) in [6.45, 7) is 3.75. The lowest BCUT2D eigenvalue weighted by Gasteiger charge is -2.34. The van der Waals surface area contributed by atoms with Crippen LogP contribution in [0.3, 0.4) is 0 Å². The number of sulfonamides is 1. The third-order valence-corrected chi connectivity index (χ3v) is 6.68. The molecule has 1 unspecified atom stereocenters. The molecule has 0 saturated carbocycles. The summed E-state index contributed by atoms with van der Waals surface area (Å²) in [5.74, 6) is -0.464. The second kappa shape index (κ2) is 8.06. The van der Waals surface area contributed by atoms with Gasteiger partial charge in [0, 0.05) is 12.1 Å². The molecule has 1 heterocycles. The molecule has 1 aliphatic rings. The first-order valence-electron chi connectivity index (χ1n) is 8.93. The highest BCUT2D eigenvalue weighted by atomic mass is 32.2. The van der Waals surface area contributed by atoms with E-state index in [1.807, 2.05) is 36.4 Å². The lowest BCUT2D eigenvalue weighted by molar-refractivity contribution is -0.138. The second-order valence-electron chi connectivity index (χ2n) is 6.43. The topological polar surface area (TPSA) is 63.7 Å². The van der Waals surface area contributed by atoms with Crippen molar-refractivity contribution in [2.45, 2.75) is 31.2 Å². The average molecular weight is 385 g/mol. The van der Waals surface area contributed by atoms with Crippen LogP contribution in [0.2, 0.25) is 0 Å². The van der Waals surface area contributed by atoms with Gasteiger partial charge in [-0.05, 0) is 37.5 Å². The van der Waals surface area contributed by atoms with Crippen molar-refractivity contribution in [2.75, 3.05) is 13.2 Å². The van der Waals surface area contributed by atoms with Gasteiger partial charge in [0.05, 0.1) is 17.5 Å². The molecule has 0 aromatic heterocycles. The molecule has 0 amide bonds. The van der Waals surface area contributed by atoms with Gasteiger partial charge in [0.1, 0.15) is 0 Å². The molecule has 2 aromatic rings. The van der Waals surface area contributed by atoms with Crippen molar-refractivity contribution in [1.29, 1.82) is 0 Å². The molecule has 1 aliphatic heterocycles. The summed E-state index contributed by atoms with van der Waals surface area (Å²) in [7, 11) is -3.79. The van der Waals surface area contributed by atoms with E-state index in [-0.39, 0.29) is 24.1 Å². The van der Waals surface area contributed by atoms with Crippen molar-refractivity contribution >= 4 is 16.0 Å². The number of rotatable bonds is 5. The predicted octanol–water partition coefficient (Wildman–Crippen LogP) is 3.62. The third kappa shape index (κ3) is 3.96. The Kier molecular flexibility index (Phi) is 5.77. The Balaban J connectivity index is 2.06. The average Bonchev–Trinajstić information content (AvgIpc) is 2.68. The van der Waals surface area contributed by atoms with Crippen LogP contribution in [0.25, 0.3) is 0 Å². The second-order valence-corrected chi connectivity index (χ2v) is 8.29. The molecular formula is C21H23NO4S. The van der Waals surface area contributed by atoms with Gasteiger partial charge in [0.2, 0.25) is 10.0 Å². The Morgan fingerprint density at radius 3 is 2.44 bits per heavy atom. The Labute approximate surface area is 160 Å². The van der Waals surface area contributed by atoms with Crippen LogP contribution in [0.1, 0.15) is 30.5 Å². The maximum Gasteiger partial charge on any atom is 0.335 e. The minimum absolute atomic E-state index is 0.00490. The van der Waals surface area contributed by atoms with Crippen molar-refractivity contribution < 1.29 is 17.9 Å². The van der Waals surface area contributed by atoms with Crippen LogP contribution < -0.4 is 0 Å². The van der Waals surface area contributed by atoms with Crippen molar-refractivity contribution in [3.05, 3.63) is 77.4 Å². The lowest BCUT2D eigenvalue weighted by Crippen LogP contribution is -2.40. The monoisotopic (exact) mass is 385 g/mol. The van der Waals surface area contributed by atoms with E-state index < -0.39 is 16.0 Å². The van der Waals surface area contributed by atoms with Crippen LogP contribution in [-0.4, -0.2) is 31.8 Å². The summed E-state index contributed by atoms with van der Waals surface area (Å²) in [6, 6.07) is 16.0. The minimum Gasteiger partial charge on any atom is -0.463 e. The maximum atomic E-state index is 13.5. The van der Waals surface area contributed by atoms with Gasteiger partial charge in [-0.2, -0.15) is 4.31 Å². The number of carbonyl (C=O) groups excluding carboxylic acids is 1. The van der Waals surface area contributed by atoms with E-state index in [4.69, 9.17) is 4.74 Å². The van der Waals surface area contributed by atoms with Gasteiger partial charge in [-0.15, -0.1) is 0 Å². The summed E-state index contributed by atoms with van der Waals surface area (Å²) < 4.78 is 33.4. The quantitative estimate of drug-likeness (QED) is 0.738. The Morgan fingerprint density at radius 1 is 1.11 bits per heavy atom. The summed E-state index contributed by atoms with van der Waals surface area (Å²) in [4.78, 5) is 12.5. The molecule has 0 spiro atoms. The fourth-order valence-corrected chi connectivity index (χ4v) is 5.12. The van der Waals surface area contributed by atoms with Crippen molar-refractivity contribution in [3.63, 3.8) is 0 Å². The summed E-state index contributed by atoms with van der Waals surface area (Å²) >= 11 is 0. The molecule has 0 N–H and O–H groups in total. The van der Waals surface area contributed by atoms with Gasteiger partial charge in [0.15, 0.2) is 0 Å². The number of nitrogens with zero attached hydrogens (tertiary/aromatic N) is 1. The first kappa shape index (κ1) is 19.3. The number of hydrogen-bond donors (Lipinski definition) is 0. The molecule has 142 valence electrons. The smallest absolute Gasteiger partial charge is 0.335 e. The number of esters is 1. The molecule has 1 atom stereocenters. The van der Waals surface area contributed by atoms with E-state index in [1.54, 1.807) is 38.1 Å². The molecule has 0 saturated heterocycles. The molecule has 3 rings (SSSR count). The van der Waals surface area contributed by atoms with E-state index in [0.29, 0.717) is 17.6 Å². The number of benzene rings is 2. The molecule has 2 aromatic carbocycles. The molecule has 0 bridgehead atoms. The van der Waals surface area contributed by atoms with E-state index in [2.05, 4.69) is 0 Å². The highest BCUT2D eigenvalue weighted by Crippen LogP contribution is 2.35. The van der Waals surface area contributed by atoms with Gasteiger partial charge in [-0.1, -0.05) is 54.6 Å². The van der Waals surface area contributed by atoms with Gasteiger partial charge < -0.3 is 4.74 Å². The molecule has 0 fully saturated rings. The fourth-order valence-electron chi connectivity index (χ4n) is 3.29. The first-order chi connectivity index (χ1) is 12.9. The molecule has 5 nitrogen and oxygen atoms in total. The van der Waals surface area contributed by atoms with Crippen molar-refractivity contribution in [1.82, 2.24) is 4.31 Å². The maximum absolute atomic E-state index is 13.5. The van der Waals surface area contributed by atoms with Crippen molar-refractivity contribution in [3.8, 4) is 0 Å². The predicted molar refractivity (Wildman–Crippen MR) is 104 cm³/mol. The minimum atomic E-state index is -3.79. The van der Waals surface area contributed by atoms with E-state index in [9.17, 15) is 13.2 Å². The lowest BCUT2D eigenvalue weighted by atomic mass is 9.98. The molecule has 0 radical (unpaired) electrons. The Hall–Kier alpha value is -2.44. The van der Waals surface area contributed by atoms with Crippen LogP contribution in [0.4, 0.5) is 0 Å². The summed E-state index contributed by atoms with van der Waals surface area (Å²) in [6.07, 6.45) is 2.21. The highest BCUT2D eigenvalue weighted by molar-refractivity contribution is 7.89. The number of carbonyl (C=O) groups is 1. The van der Waals surface area contributed by atoms with Gasteiger partial charge in [0.25, 0.3) is 0 Å². The van der Waals surface area contributed by atoms with Crippen LogP contribution in [-0.2, 0) is 19.6 Å². The number of aryl methyl sites for hydroxylation is 1. The van der Waals surface area contributed by atoms with E-state index in [0.717, 1.165) is 5.56 Å². The summed E-state index contributed by atoms with van der Waals surface area (Å²) in [5.41, 5.74) is 1.95. The van der Waals surface area contributed by atoms with Crippen LogP contribution in [0.5, 0.6) is 0 Å². The number of hydrogen-bond acceptors (Lipinski definition) is 4. The molecule has 27 heavy (non-hydrogen) atoms.